The van der Waals surface area contributed by atoms with Crippen LogP contribution >= 0.6 is 0 Å². The molecule has 1 saturated heterocycles. The lowest BCUT2D eigenvalue weighted by atomic mass is 9.70. The van der Waals surface area contributed by atoms with E-state index in [1.807, 2.05) is 0 Å². The Balaban J connectivity index is 2.08. The summed E-state index contributed by atoms with van der Waals surface area (Å²) >= 11 is 0. The third kappa shape index (κ3) is 1.96. The minimum Gasteiger partial charge on any atom is -0.306 e. The molecule has 0 saturated carbocycles. The van der Waals surface area contributed by atoms with Crippen molar-refractivity contribution in [2.45, 2.75) is 39.0 Å². The van der Waals surface area contributed by atoms with E-state index >= 15 is 0 Å². The van der Waals surface area contributed by atoms with Gasteiger partial charge in [0, 0.05) is 0 Å². The van der Waals surface area contributed by atoms with E-state index < -0.39 is 0 Å². The molecule has 2 rings (SSSR count). The summed E-state index contributed by atoms with van der Waals surface area (Å²) in [6.07, 6.45) is 9.58. The van der Waals surface area contributed by atoms with Gasteiger partial charge in [0.2, 0.25) is 0 Å². The topological polar surface area (TPSA) is 3.24 Å². The van der Waals surface area contributed by atoms with Gasteiger partial charge in [0.15, 0.2) is 0 Å². The fourth-order valence-corrected chi connectivity index (χ4v) is 2.84. The van der Waals surface area contributed by atoms with Crippen molar-refractivity contribution >= 4 is 0 Å². The van der Waals surface area contributed by atoms with Crippen LogP contribution in [0.3, 0.4) is 0 Å². The van der Waals surface area contributed by atoms with Gasteiger partial charge in [-0.1, -0.05) is 11.6 Å². The van der Waals surface area contributed by atoms with Crippen molar-refractivity contribution < 1.29 is 0 Å². The number of piperidine rings is 1. The van der Waals surface area contributed by atoms with E-state index in [9.17, 15) is 0 Å². The van der Waals surface area contributed by atoms with E-state index in [1.54, 1.807) is 5.57 Å². The number of allylic oxidation sites excluding steroid dienone is 2. The maximum Gasteiger partial charge on any atom is -0.00135 e. The van der Waals surface area contributed by atoms with E-state index in [-0.39, 0.29) is 0 Å². The van der Waals surface area contributed by atoms with E-state index in [2.05, 4.69) is 24.9 Å². The zero-order valence-corrected chi connectivity index (χ0v) is 8.97. The normalized spacial score (nSPS) is 28.9. The molecule has 1 aliphatic heterocycles. The molecular weight excluding hydrogens is 158 g/mol. The Kier molecular flexibility index (Phi) is 2.46. The summed E-state index contributed by atoms with van der Waals surface area (Å²) in [5.41, 5.74) is 2.24. The van der Waals surface area contributed by atoms with Crippen molar-refractivity contribution in [3.63, 3.8) is 0 Å². The highest BCUT2D eigenvalue weighted by atomic mass is 15.1. The van der Waals surface area contributed by atoms with Crippen molar-refractivity contribution in [2.75, 3.05) is 20.1 Å². The van der Waals surface area contributed by atoms with Crippen LogP contribution in [0.4, 0.5) is 0 Å². The Morgan fingerprint density at radius 3 is 2.54 bits per heavy atom. The Morgan fingerprint density at radius 1 is 1.23 bits per heavy atom. The van der Waals surface area contributed by atoms with E-state index in [4.69, 9.17) is 0 Å². The molecule has 1 heteroatoms. The molecule has 0 radical (unpaired) electrons. The summed E-state index contributed by atoms with van der Waals surface area (Å²) in [5.74, 6) is 0. The molecule has 0 N–H and O–H groups in total. The van der Waals surface area contributed by atoms with Crippen LogP contribution in [0.25, 0.3) is 0 Å². The SMILES string of the molecule is CC1=CC2(CCC1)CCN(C)CC2. The largest absolute Gasteiger partial charge is 0.306 e. The fourth-order valence-electron chi connectivity index (χ4n) is 2.84. The maximum atomic E-state index is 2.59. The third-order valence-electron chi connectivity index (χ3n) is 3.78. The molecule has 1 fully saturated rings. The van der Waals surface area contributed by atoms with Crippen LogP contribution in [0.2, 0.25) is 0 Å². The van der Waals surface area contributed by atoms with Crippen LogP contribution in [-0.2, 0) is 0 Å². The number of nitrogens with zero attached hydrogens (tertiary/aromatic N) is 1. The highest BCUT2D eigenvalue weighted by Crippen LogP contribution is 2.42. The van der Waals surface area contributed by atoms with Gasteiger partial charge in [-0.25, -0.2) is 0 Å². The Hall–Kier alpha value is -0.300. The Morgan fingerprint density at radius 2 is 1.92 bits per heavy atom. The van der Waals surface area contributed by atoms with Gasteiger partial charge in [0.1, 0.15) is 0 Å². The van der Waals surface area contributed by atoms with Crippen LogP contribution in [0, 0.1) is 5.41 Å². The predicted octanol–water partition coefficient (Wildman–Crippen LogP) is 2.83. The van der Waals surface area contributed by atoms with Crippen molar-refractivity contribution in [2.24, 2.45) is 5.41 Å². The van der Waals surface area contributed by atoms with Crippen LogP contribution in [-0.4, -0.2) is 25.0 Å². The second-order valence-electron chi connectivity index (χ2n) is 5.01. The van der Waals surface area contributed by atoms with Crippen molar-refractivity contribution in [3.05, 3.63) is 11.6 Å². The molecule has 1 heterocycles. The van der Waals surface area contributed by atoms with Gasteiger partial charge >= 0.3 is 0 Å². The van der Waals surface area contributed by atoms with Gasteiger partial charge in [-0.2, -0.15) is 0 Å². The number of likely N-dealkylation sites (tertiary alicyclic amines) is 1. The van der Waals surface area contributed by atoms with E-state index in [0.717, 1.165) is 0 Å². The molecule has 74 valence electrons. The summed E-state index contributed by atoms with van der Waals surface area (Å²) in [6, 6.07) is 0. The molecule has 1 aliphatic carbocycles. The number of hydrogen-bond acceptors (Lipinski definition) is 1. The summed E-state index contributed by atoms with van der Waals surface area (Å²) in [7, 11) is 2.24. The molecule has 0 amide bonds. The second kappa shape index (κ2) is 3.45. The lowest BCUT2D eigenvalue weighted by Gasteiger charge is -2.41. The second-order valence-corrected chi connectivity index (χ2v) is 5.01. The maximum absolute atomic E-state index is 2.59. The van der Waals surface area contributed by atoms with Crippen molar-refractivity contribution in [1.82, 2.24) is 4.90 Å². The van der Waals surface area contributed by atoms with Crippen LogP contribution in [0.1, 0.15) is 39.0 Å². The third-order valence-corrected chi connectivity index (χ3v) is 3.78. The molecular formula is C12H21N. The summed E-state index contributed by atoms with van der Waals surface area (Å²) in [6.45, 7) is 4.90. The molecule has 0 aromatic heterocycles. The summed E-state index contributed by atoms with van der Waals surface area (Å²) in [5, 5.41) is 0. The smallest absolute Gasteiger partial charge is 0.00135 e. The molecule has 0 aromatic rings. The average Bonchev–Trinajstić information content (AvgIpc) is 2.11. The van der Waals surface area contributed by atoms with Gasteiger partial charge < -0.3 is 4.90 Å². The van der Waals surface area contributed by atoms with E-state index in [0.29, 0.717) is 5.41 Å². The molecule has 0 bridgehead atoms. The first kappa shape index (κ1) is 9.26. The van der Waals surface area contributed by atoms with Gasteiger partial charge in [-0.3, -0.25) is 0 Å². The van der Waals surface area contributed by atoms with E-state index in [1.165, 1.54) is 45.2 Å². The monoisotopic (exact) mass is 179 g/mol. The average molecular weight is 179 g/mol. The standard InChI is InChI=1S/C12H21N/c1-11-4-3-5-12(10-11)6-8-13(2)9-7-12/h10H,3-9H2,1-2H3. The number of rotatable bonds is 0. The molecule has 0 aromatic carbocycles. The summed E-state index contributed by atoms with van der Waals surface area (Å²) < 4.78 is 0. The highest BCUT2D eigenvalue weighted by Gasteiger charge is 2.32. The zero-order chi connectivity index (χ0) is 9.31. The number of hydrogen-bond donors (Lipinski definition) is 0. The van der Waals surface area contributed by atoms with Gasteiger partial charge in [-0.05, 0) is 64.6 Å². The molecule has 2 aliphatic rings. The molecule has 1 spiro atoms. The van der Waals surface area contributed by atoms with Gasteiger partial charge in [0.05, 0.1) is 0 Å². The first-order valence-corrected chi connectivity index (χ1v) is 5.57. The van der Waals surface area contributed by atoms with Gasteiger partial charge in [0.25, 0.3) is 0 Å². The van der Waals surface area contributed by atoms with Crippen LogP contribution in [0.15, 0.2) is 11.6 Å². The predicted molar refractivity (Wildman–Crippen MR) is 56.8 cm³/mol. The minimum atomic E-state index is 0.606. The first-order valence-electron chi connectivity index (χ1n) is 5.57. The molecule has 13 heavy (non-hydrogen) atoms. The molecule has 0 unspecified atom stereocenters. The summed E-state index contributed by atoms with van der Waals surface area (Å²) in [4.78, 5) is 2.46. The molecule has 0 atom stereocenters. The fraction of sp³-hybridized carbons (Fsp3) is 0.833. The van der Waals surface area contributed by atoms with Crippen LogP contribution < -0.4 is 0 Å². The quantitative estimate of drug-likeness (QED) is 0.517. The van der Waals surface area contributed by atoms with Crippen molar-refractivity contribution in [1.29, 1.82) is 0 Å². The first-order chi connectivity index (χ1) is 6.20. The zero-order valence-electron chi connectivity index (χ0n) is 8.97. The molecule has 1 nitrogen and oxygen atoms in total. The Labute approximate surface area is 81.8 Å². The lowest BCUT2D eigenvalue weighted by molar-refractivity contribution is 0.147. The van der Waals surface area contributed by atoms with Crippen molar-refractivity contribution in [3.8, 4) is 0 Å². The minimum absolute atomic E-state index is 0.606. The van der Waals surface area contributed by atoms with Crippen LogP contribution in [0.5, 0.6) is 0 Å². The lowest BCUT2D eigenvalue weighted by Crippen LogP contribution is -2.37. The highest BCUT2D eigenvalue weighted by molar-refractivity contribution is 5.12. The Bertz CT molecular complexity index is 209. The van der Waals surface area contributed by atoms with Gasteiger partial charge in [-0.15, -0.1) is 0 Å².